The number of halogens is 1. The van der Waals surface area contributed by atoms with Crippen LogP contribution in [0, 0.1) is 5.92 Å². The van der Waals surface area contributed by atoms with E-state index in [9.17, 15) is 13.2 Å². The first-order chi connectivity index (χ1) is 9.34. The molecule has 20 heavy (non-hydrogen) atoms. The van der Waals surface area contributed by atoms with Crippen LogP contribution >= 0.6 is 15.9 Å². The molecule has 3 nitrogen and oxygen atoms in total. The number of benzene rings is 1. The summed E-state index contributed by atoms with van der Waals surface area (Å²) in [7, 11) is -3.04. The molecule has 0 amide bonds. The number of sulfone groups is 1. The summed E-state index contributed by atoms with van der Waals surface area (Å²) in [6.07, 6.45) is 1.53. The lowest BCUT2D eigenvalue weighted by Gasteiger charge is -2.09. The van der Waals surface area contributed by atoms with Gasteiger partial charge in [-0.25, -0.2) is 8.42 Å². The van der Waals surface area contributed by atoms with Crippen molar-refractivity contribution in [2.75, 3.05) is 11.5 Å². The first-order valence-electron chi connectivity index (χ1n) is 6.83. The second kappa shape index (κ2) is 7.93. The Bertz CT molecular complexity index is 535. The maximum atomic E-state index is 11.9. The van der Waals surface area contributed by atoms with E-state index >= 15 is 0 Å². The molecule has 0 saturated heterocycles. The lowest BCUT2D eigenvalue weighted by atomic mass is 10.1. The summed E-state index contributed by atoms with van der Waals surface area (Å²) < 4.78 is 24.6. The van der Waals surface area contributed by atoms with Crippen molar-refractivity contribution < 1.29 is 13.2 Å². The minimum absolute atomic E-state index is 0.00348. The van der Waals surface area contributed by atoms with E-state index in [0.717, 1.165) is 10.9 Å². The zero-order valence-electron chi connectivity index (χ0n) is 11.9. The molecule has 112 valence electrons. The van der Waals surface area contributed by atoms with Crippen LogP contribution in [-0.2, 0) is 9.84 Å². The lowest BCUT2D eigenvalue weighted by molar-refractivity contribution is 0.0982. The molecule has 0 heterocycles. The Kier molecular flexibility index (Phi) is 6.89. The molecular weight excluding hydrogens is 340 g/mol. The monoisotopic (exact) mass is 360 g/mol. The smallest absolute Gasteiger partial charge is 0.162 e. The Hall–Kier alpha value is -0.680. The van der Waals surface area contributed by atoms with Gasteiger partial charge >= 0.3 is 0 Å². The van der Waals surface area contributed by atoms with Crippen LogP contribution in [0.1, 0.15) is 43.5 Å². The third-order valence-corrected chi connectivity index (χ3v) is 5.78. The quantitative estimate of drug-likeness (QED) is 0.661. The predicted molar refractivity (Wildman–Crippen MR) is 85.8 cm³/mol. The van der Waals surface area contributed by atoms with Gasteiger partial charge in [0, 0.05) is 16.5 Å². The van der Waals surface area contributed by atoms with Crippen LogP contribution in [0.5, 0.6) is 0 Å². The van der Waals surface area contributed by atoms with Gasteiger partial charge in [-0.2, -0.15) is 0 Å². The Labute approximate surface area is 129 Å². The minimum atomic E-state index is -3.04. The predicted octanol–water partition coefficient (Wildman–Crippen LogP) is 3.87. The van der Waals surface area contributed by atoms with Crippen molar-refractivity contribution in [1.82, 2.24) is 0 Å². The summed E-state index contributed by atoms with van der Waals surface area (Å²) in [5, 5.41) is 0. The second-order valence-corrected chi connectivity index (χ2v) is 8.31. The molecule has 0 saturated carbocycles. The molecule has 0 bridgehead atoms. The van der Waals surface area contributed by atoms with E-state index in [1.807, 2.05) is 26.0 Å². The van der Waals surface area contributed by atoms with Gasteiger partial charge in [-0.1, -0.05) is 48.3 Å². The molecule has 0 aliphatic carbocycles. The third-order valence-electron chi connectivity index (χ3n) is 3.26. The standard InChI is InChI=1S/C15H21BrO3S/c1-3-12(2)11-20(18,19)10-4-5-15(17)13-6-8-14(16)9-7-13/h6-9,12H,3-5,10-11H2,1-2H3. The minimum Gasteiger partial charge on any atom is -0.294 e. The maximum absolute atomic E-state index is 11.9. The highest BCUT2D eigenvalue weighted by Gasteiger charge is 2.15. The highest BCUT2D eigenvalue weighted by atomic mass is 79.9. The number of hydrogen-bond donors (Lipinski definition) is 0. The van der Waals surface area contributed by atoms with Gasteiger partial charge in [0.05, 0.1) is 11.5 Å². The van der Waals surface area contributed by atoms with Crippen molar-refractivity contribution in [2.45, 2.75) is 33.1 Å². The molecule has 5 heteroatoms. The second-order valence-electron chi connectivity index (χ2n) is 5.16. The highest BCUT2D eigenvalue weighted by molar-refractivity contribution is 9.10. The molecule has 0 aromatic heterocycles. The van der Waals surface area contributed by atoms with Crippen LogP contribution < -0.4 is 0 Å². The molecule has 1 unspecified atom stereocenters. The van der Waals surface area contributed by atoms with Crippen molar-refractivity contribution in [1.29, 1.82) is 0 Å². The van der Waals surface area contributed by atoms with Crippen LogP contribution in [0.15, 0.2) is 28.7 Å². The van der Waals surface area contributed by atoms with E-state index in [0.29, 0.717) is 12.0 Å². The number of Topliss-reactive ketones (excluding diaryl/α,β-unsaturated/α-hetero) is 1. The Balaban J connectivity index is 2.44. The SMILES string of the molecule is CCC(C)CS(=O)(=O)CCCC(=O)c1ccc(Br)cc1. The molecule has 1 rings (SSSR count). The van der Waals surface area contributed by atoms with E-state index < -0.39 is 9.84 Å². The van der Waals surface area contributed by atoms with Crippen LogP contribution in [-0.4, -0.2) is 25.7 Å². The van der Waals surface area contributed by atoms with Crippen molar-refractivity contribution in [3.63, 3.8) is 0 Å². The van der Waals surface area contributed by atoms with Gasteiger partial charge < -0.3 is 0 Å². The summed E-state index contributed by atoms with van der Waals surface area (Å²) in [5.74, 6) is 0.494. The zero-order valence-corrected chi connectivity index (χ0v) is 14.3. The fourth-order valence-electron chi connectivity index (χ4n) is 1.87. The molecule has 0 radical (unpaired) electrons. The van der Waals surface area contributed by atoms with Gasteiger partial charge in [0.2, 0.25) is 0 Å². The van der Waals surface area contributed by atoms with Crippen molar-refractivity contribution in [3.05, 3.63) is 34.3 Å². The Morgan fingerprint density at radius 2 is 1.85 bits per heavy atom. The van der Waals surface area contributed by atoms with E-state index in [-0.39, 0.29) is 29.6 Å². The largest absolute Gasteiger partial charge is 0.294 e. The maximum Gasteiger partial charge on any atom is 0.162 e. The Morgan fingerprint density at radius 1 is 1.25 bits per heavy atom. The van der Waals surface area contributed by atoms with Crippen LogP contribution in [0.2, 0.25) is 0 Å². The van der Waals surface area contributed by atoms with Crippen molar-refractivity contribution in [3.8, 4) is 0 Å². The normalized spacial score (nSPS) is 13.2. The zero-order chi connectivity index (χ0) is 15.2. The fraction of sp³-hybridized carbons (Fsp3) is 0.533. The topological polar surface area (TPSA) is 51.2 Å². The molecule has 0 aliphatic heterocycles. The lowest BCUT2D eigenvalue weighted by Crippen LogP contribution is -2.17. The average Bonchev–Trinajstić information content (AvgIpc) is 2.38. The average molecular weight is 361 g/mol. The molecule has 1 aromatic rings. The van der Waals surface area contributed by atoms with Crippen molar-refractivity contribution in [2.24, 2.45) is 5.92 Å². The van der Waals surface area contributed by atoms with Gasteiger partial charge in [0.1, 0.15) is 0 Å². The number of hydrogen-bond acceptors (Lipinski definition) is 3. The van der Waals surface area contributed by atoms with Crippen LogP contribution in [0.4, 0.5) is 0 Å². The van der Waals surface area contributed by atoms with E-state index in [2.05, 4.69) is 15.9 Å². The first-order valence-corrected chi connectivity index (χ1v) is 9.44. The molecular formula is C15H21BrO3S. The number of ketones is 1. The van der Waals surface area contributed by atoms with Crippen molar-refractivity contribution >= 4 is 31.6 Å². The molecule has 1 aromatic carbocycles. The van der Waals surface area contributed by atoms with Crippen LogP contribution in [0.25, 0.3) is 0 Å². The van der Waals surface area contributed by atoms with Gasteiger partial charge in [0.15, 0.2) is 15.6 Å². The Morgan fingerprint density at radius 3 is 2.40 bits per heavy atom. The number of carbonyl (C=O) groups excluding carboxylic acids is 1. The van der Waals surface area contributed by atoms with E-state index in [4.69, 9.17) is 0 Å². The molecule has 0 spiro atoms. The summed E-state index contributed by atoms with van der Waals surface area (Å²) >= 11 is 3.31. The first kappa shape index (κ1) is 17.4. The molecule has 0 aliphatic rings. The summed E-state index contributed by atoms with van der Waals surface area (Å²) in [4.78, 5) is 11.9. The number of rotatable bonds is 8. The van der Waals surface area contributed by atoms with Gasteiger partial charge in [-0.05, 0) is 24.5 Å². The molecule has 0 fully saturated rings. The summed E-state index contributed by atoms with van der Waals surface area (Å²) in [5.41, 5.74) is 0.632. The van der Waals surface area contributed by atoms with E-state index in [1.54, 1.807) is 12.1 Å². The van der Waals surface area contributed by atoms with Gasteiger partial charge in [-0.15, -0.1) is 0 Å². The van der Waals surface area contributed by atoms with E-state index in [1.165, 1.54) is 0 Å². The summed E-state index contributed by atoms with van der Waals surface area (Å²) in [6.45, 7) is 3.92. The van der Waals surface area contributed by atoms with Crippen LogP contribution in [0.3, 0.4) is 0 Å². The van der Waals surface area contributed by atoms with Gasteiger partial charge in [-0.3, -0.25) is 4.79 Å². The number of carbonyl (C=O) groups is 1. The highest BCUT2D eigenvalue weighted by Crippen LogP contribution is 2.13. The summed E-state index contributed by atoms with van der Waals surface area (Å²) in [6, 6.07) is 7.12. The molecule has 1 atom stereocenters. The molecule has 0 N–H and O–H groups in total. The third kappa shape index (κ3) is 6.18. The van der Waals surface area contributed by atoms with Gasteiger partial charge in [0.25, 0.3) is 0 Å². The fourth-order valence-corrected chi connectivity index (χ4v) is 3.99.